The minimum Gasteiger partial charge on any atom is -0.375 e. The van der Waals surface area contributed by atoms with Gasteiger partial charge in [0.05, 0.1) is 12.1 Å². The Morgan fingerprint density at radius 2 is 2.24 bits per heavy atom. The Labute approximate surface area is 126 Å². The van der Waals surface area contributed by atoms with Gasteiger partial charge < -0.3 is 19.9 Å². The molecule has 120 valence electrons. The molecule has 0 aliphatic carbocycles. The van der Waals surface area contributed by atoms with Crippen molar-refractivity contribution in [1.82, 2.24) is 15.1 Å². The number of rotatable bonds is 7. The molecular weight excluding hydrogens is 270 g/mol. The van der Waals surface area contributed by atoms with Crippen LogP contribution in [0.4, 0.5) is 0 Å². The van der Waals surface area contributed by atoms with Crippen LogP contribution in [0.25, 0.3) is 0 Å². The monoisotopic (exact) mass is 297 g/mol. The first-order valence-electron chi connectivity index (χ1n) is 7.97. The smallest absolute Gasteiger partial charge is 0.222 e. The summed E-state index contributed by atoms with van der Waals surface area (Å²) in [6, 6.07) is 0.0795. The van der Waals surface area contributed by atoms with Crippen molar-refractivity contribution in [3.05, 3.63) is 0 Å². The Bertz CT molecular complexity index is 375. The maximum absolute atomic E-state index is 12.0. The minimum atomic E-state index is 0.0617. The normalized spacial score (nSPS) is 26.6. The second-order valence-electron chi connectivity index (χ2n) is 5.98. The van der Waals surface area contributed by atoms with Crippen molar-refractivity contribution < 1.29 is 14.3 Å². The third-order valence-electron chi connectivity index (χ3n) is 4.18. The molecule has 0 radical (unpaired) electrons. The molecule has 0 unspecified atom stereocenters. The van der Waals surface area contributed by atoms with Crippen LogP contribution in [0.15, 0.2) is 0 Å². The Balaban J connectivity index is 1.67. The molecule has 2 atom stereocenters. The van der Waals surface area contributed by atoms with E-state index in [1.165, 1.54) is 0 Å². The van der Waals surface area contributed by atoms with Crippen molar-refractivity contribution in [3.8, 4) is 0 Å². The average molecular weight is 297 g/mol. The number of hydrogen-bond donors (Lipinski definition) is 1. The maximum Gasteiger partial charge on any atom is 0.222 e. The van der Waals surface area contributed by atoms with E-state index >= 15 is 0 Å². The van der Waals surface area contributed by atoms with Crippen LogP contribution in [-0.2, 0) is 14.3 Å². The third kappa shape index (κ3) is 4.68. The lowest BCUT2D eigenvalue weighted by atomic mass is 10.2. The number of carbonyl (C=O) groups is 2. The Morgan fingerprint density at radius 3 is 2.90 bits per heavy atom. The number of nitrogens with zero attached hydrogens (tertiary/aromatic N) is 2. The fourth-order valence-corrected chi connectivity index (χ4v) is 3.13. The summed E-state index contributed by atoms with van der Waals surface area (Å²) in [5.41, 5.74) is 0. The third-order valence-corrected chi connectivity index (χ3v) is 4.18. The average Bonchev–Trinajstić information content (AvgIpc) is 2.97. The SMILES string of the molecule is CCO[C@H]1CN(C)C[C@@H]1NC(=O)CCCN1CCCC1=O. The second-order valence-corrected chi connectivity index (χ2v) is 5.98. The molecule has 2 aliphatic rings. The van der Waals surface area contributed by atoms with E-state index in [0.717, 1.165) is 32.5 Å². The van der Waals surface area contributed by atoms with Crippen LogP contribution in [-0.4, -0.2) is 73.6 Å². The summed E-state index contributed by atoms with van der Waals surface area (Å²) < 4.78 is 5.68. The lowest BCUT2D eigenvalue weighted by Crippen LogP contribution is -2.44. The largest absolute Gasteiger partial charge is 0.375 e. The van der Waals surface area contributed by atoms with Gasteiger partial charge in [0.25, 0.3) is 0 Å². The molecule has 0 saturated carbocycles. The Kier molecular flexibility index (Phi) is 5.99. The van der Waals surface area contributed by atoms with Crippen LogP contribution < -0.4 is 5.32 Å². The first kappa shape index (κ1) is 16.2. The van der Waals surface area contributed by atoms with Gasteiger partial charge in [0, 0.05) is 45.6 Å². The molecule has 1 N–H and O–H groups in total. The van der Waals surface area contributed by atoms with Gasteiger partial charge in [-0.2, -0.15) is 0 Å². The summed E-state index contributed by atoms with van der Waals surface area (Å²) >= 11 is 0. The highest BCUT2D eigenvalue weighted by Crippen LogP contribution is 2.13. The van der Waals surface area contributed by atoms with Gasteiger partial charge in [-0.05, 0) is 26.8 Å². The highest BCUT2D eigenvalue weighted by Gasteiger charge is 2.32. The molecular formula is C15H27N3O3. The molecule has 0 spiro atoms. The Hall–Kier alpha value is -1.14. The molecule has 2 heterocycles. The number of amides is 2. The van der Waals surface area contributed by atoms with E-state index in [9.17, 15) is 9.59 Å². The van der Waals surface area contributed by atoms with Crippen molar-refractivity contribution in [2.75, 3.05) is 39.8 Å². The molecule has 2 rings (SSSR count). The van der Waals surface area contributed by atoms with Crippen LogP contribution >= 0.6 is 0 Å². The molecule has 0 bridgehead atoms. The molecule has 21 heavy (non-hydrogen) atoms. The summed E-state index contributed by atoms with van der Waals surface area (Å²) in [5, 5.41) is 3.07. The van der Waals surface area contributed by atoms with Gasteiger partial charge in [-0.3, -0.25) is 9.59 Å². The van der Waals surface area contributed by atoms with Crippen molar-refractivity contribution in [1.29, 1.82) is 0 Å². The van der Waals surface area contributed by atoms with E-state index in [0.29, 0.717) is 26.0 Å². The van der Waals surface area contributed by atoms with Gasteiger partial charge in [0.2, 0.25) is 11.8 Å². The van der Waals surface area contributed by atoms with Crippen molar-refractivity contribution in [2.45, 2.75) is 44.8 Å². The van der Waals surface area contributed by atoms with Crippen molar-refractivity contribution >= 4 is 11.8 Å². The van der Waals surface area contributed by atoms with Gasteiger partial charge in [-0.15, -0.1) is 0 Å². The van der Waals surface area contributed by atoms with Crippen LogP contribution in [0.5, 0.6) is 0 Å². The summed E-state index contributed by atoms with van der Waals surface area (Å²) in [6.07, 6.45) is 2.91. The quantitative estimate of drug-likeness (QED) is 0.730. The molecule has 6 heteroatoms. The molecule has 6 nitrogen and oxygen atoms in total. The molecule has 2 amide bonds. The summed E-state index contributed by atoms with van der Waals surface area (Å²) in [5.74, 6) is 0.288. The second kappa shape index (κ2) is 7.75. The topological polar surface area (TPSA) is 61.9 Å². The summed E-state index contributed by atoms with van der Waals surface area (Å²) in [4.78, 5) is 27.5. The zero-order chi connectivity index (χ0) is 15.2. The number of ether oxygens (including phenoxy) is 1. The number of likely N-dealkylation sites (N-methyl/N-ethyl adjacent to an activating group) is 1. The Morgan fingerprint density at radius 1 is 1.43 bits per heavy atom. The number of carbonyl (C=O) groups excluding carboxylic acids is 2. The predicted octanol–water partition coefficient (Wildman–Crippen LogP) is 0.224. The van der Waals surface area contributed by atoms with Gasteiger partial charge in [0.1, 0.15) is 0 Å². The molecule has 0 aromatic carbocycles. The van der Waals surface area contributed by atoms with E-state index in [4.69, 9.17) is 4.74 Å². The highest BCUT2D eigenvalue weighted by atomic mass is 16.5. The standard InChI is InChI=1S/C15H27N3O3/c1-3-21-13-11-17(2)10-12(13)16-14(19)6-4-8-18-9-5-7-15(18)20/h12-13H,3-11H2,1-2H3,(H,16,19)/t12-,13-/m0/s1. The lowest BCUT2D eigenvalue weighted by molar-refractivity contribution is -0.128. The van der Waals surface area contributed by atoms with Crippen LogP contribution in [0.3, 0.4) is 0 Å². The molecule has 0 aromatic rings. The van der Waals surface area contributed by atoms with E-state index in [2.05, 4.69) is 10.2 Å². The van der Waals surface area contributed by atoms with E-state index in [1.54, 1.807) is 0 Å². The number of likely N-dealkylation sites (tertiary alicyclic amines) is 2. The maximum atomic E-state index is 12.0. The van der Waals surface area contributed by atoms with Gasteiger partial charge in [0.15, 0.2) is 0 Å². The van der Waals surface area contributed by atoms with E-state index < -0.39 is 0 Å². The minimum absolute atomic E-state index is 0.0617. The first-order valence-corrected chi connectivity index (χ1v) is 7.97. The number of nitrogens with one attached hydrogen (secondary N) is 1. The van der Waals surface area contributed by atoms with Crippen LogP contribution in [0.1, 0.15) is 32.6 Å². The molecule has 0 aromatic heterocycles. The van der Waals surface area contributed by atoms with Gasteiger partial charge in [-0.1, -0.05) is 0 Å². The summed E-state index contributed by atoms with van der Waals surface area (Å²) in [7, 11) is 2.04. The number of hydrogen-bond acceptors (Lipinski definition) is 4. The zero-order valence-electron chi connectivity index (χ0n) is 13.1. The van der Waals surface area contributed by atoms with Crippen LogP contribution in [0, 0.1) is 0 Å². The van der Waals surface area contributed by atoms with Crippen LogP contribution in [0.2, 0.25) is 0 Å². The molecule has 2 saturated heterocycles. The van der Waals surface area contributed by atoms with E-state index in [-0.39, 0.29) is 24.0 Å². The van der Waals surface area contributed by atoms with Gasteiger partial charge >= 0.3 is 0 Å². The van der Waals surface area contributed by atoms with Gasteiger partial charge in [-0.25, -0.2) is 0 Å². The lowest BCUT2D eigenvalue weighted by Gasteiger charge is -2.20. The highest BCUT2D eigenvalue weighted by molar-refractivity contribution is 5.78. The fraction of sp³-hybridized carbons (Fsp3) is 0.867. The van der Waals surface area contributed by atoms with Crippen molar-refractivity contribution in [3.63, 3.8) is 0 Å². The first-order chi connectivity index (χ1) is 10.1. The molecule has 2 fully saturated rings. The van der Waals surface area contributed by atoms with Crippen molar-refractivity contribution in [2.24, 2.45) is 0 Å². The zero-order valence-corrected chi connectivity index (χ0v) is 13.1. The predicted molar refractivity (Wildman–Crippen MR) is 79.9 cm³/mol. The summed E-state index contributed by atoms with van der Waals surface area (Å²) in [6.45, 7) is 5.89. The van der Waals surface area contributed by atoms with E-state index in [1.807, 2.05) is 18.9 Å². The fourth-order valence-electron chi connectivity index (χ4n) is 3.13. The molecule has 2 aliphatic heterocycles.